The van der Waals surface area contributed by atoms with Gasteiger partial charge < -0.3 is 15.1 Å². The molecule has 2 amide bonds. The Kier molecular flexibility index (Phi) is 6.22. The van der Waals surface area contributed by atoms with Crippen molar-refractivity contribution in [3.63, 3.8) is 0 Å². The number of nitrogens with one attached hydrogen (secondary N) is 2. The monoisotopic (exact) mass is 399 g/mol. The zero-order chi connectivity index (χ0) is 20.8. The molecule has 3 rings (SSSR count). The van der Waals surface area contributed by atoms with Gasteiger partial charge in [-0.2, -0.15) is 5.10 Å². The SMILES string of the molecule is CC(=O)Nc1ccc(NC(=O)C2CCCCN2/N=C/c2ccc([N+](=O)[O-])o2)cc1. The molecule has 2 heterocycles. The number of hydrogen-bond donors (Lipinski definition) is 2. The molecule has 10 nitrogen and oxygen atoms in total. The van der Waals surface area contributed by atoms with Gasteiger partial charge in [0, 0.05) is 24.8 Å². The van der Waals surface area contributed by atoms with Crippen LogP contribution in [0.2, 0.25) is 0 Å². The molecular formula is C19H21N5O5. The lowest BCUT2D eigenvalue weighted by Crippen LogP contribution is -2.44. The van der Waals surface area contributed by atoms with E-state index in [1.54, 1.807) is 29.3 Å². The molecule has 0 saturated carbocycles. The number of carbonyl (C=O) groups is 2. The fourth-order valence-electron chi connectivity index (χ4n) is 3.03. The number of hydrogen-bond acceptors (Lipinski definition) is 7. The normalized spacial score (nSPS) is 16.6. The maximum Gasteiger partial charge on any atom is 0.433 e. The molecule has 1 atom stereocenters. The molecule has 1 aromatic heterocycles. The molecule has 1 fully saturated rings. The van der Waals surface area contributed by atoms with Crippen molar-refractivity contribution in [2.24, 2.45) is 5.10 Å². The number of nitrogens with zero attached hydrogens (tertiary/aromatic N) is 3. The molecule has 0 radical (unpaired) electrons. The molecule has 1 aliphatic rings. The lowest BCUT2D eigenvalue weighted by molar-refractivity contribution is -0.402. The standard InChI is InChI=1S/C19H21N5O5/c1-13(25)21-14-5-7-15(8-6-14)22-19(26)17-4-2-3-11-23(17)20-12-16-9-10-18(29-16)24(27)28/h5-10,12,17H,2-4,11H2,1H3,(H,21,25)(H,22,26)/b20-12+. The third kappa shape index (κ3) is 5.41. The van der Waals surface area contributed by atoms with Gasteiger partial charge in [0.05, 0.1) is 12.3 Å². The van der Waals surface area contributed by atoms with Crippen molar-refractivity contribution < 1.29 is 18.9 Å². The van der Waals surface area contributed by atoms with E-state index in [2.05, 4.69) is 15.7 Å². The van der Waals surface area contributed by atoms with E-state index in [1.165, 1.54) is 25.3 Å². The van der Waals surface area contributed by atoms with Crippen LogP contribution in [0.1, 0.15) is 31.9 Å². The number of carbonyl (C=O) groups excluding carboxylic acids is 2. The fourth-order valence-corrected chi connectivity index (χ4v) is 3.03. The van der Waals surface area contributed by atoms with Crippen LogP contribution in [0.4, 0.5) is 17.3 Å². The van der Waals surface area contributed by atoms with Crippen LogP contribution < -0.4 is 10.6 Å². The number of rotatable bonds is 6. The summed E-state index contributed by atoms with van der Waals surface area (Å²) in [6, 6.07) is 9.09. The van der Waals surface area contributed by atoms with Gasteiger partial charge in [-0.3, -0.25) is 24.7 Å². The van der Waals surface area contributed by atoms with E-state index >= 15 is 0 Å². The first kappa shape index (κ1) is 20.1. The van der Waals surface area contributed by atoms with E-state index in [4.69, 9.17) is 4.42 Å². The Balaban J connectivity index is 1.64. The van der Waals surface area contributed by atoms with Crippen LogP contribution >= 0.6 is 0 Å². The number of anilines is 2. The molecule has 1 saturated heterocycles. The Morgan fingerprint density at radius 3 is 2.48 bits per heavy atom. The molecule has 0 bridgehead atoms. The predicted octanol–water partition coefficient (Wildman–Crippen LogP) is 2.97. The van der Waals surface area contributed by atoms with Crippen LogP contribution in [0.5, 0.6) is 0 Å². The van der Waals surface area contributed by atoms with Crippen molar-refractivity contribution in [2.75, 3.05) is 17.2 Å². The summed E-state index contributed by atoms with van der Waals surface area (Å²) in [5, 5.41) is 22.2. The summed E-state index contributed by atoms with van der Waals surface area (Å²) in [6.07, 6.45) is 3.81. The largest absolute Gasteiger partial charge is 0.433 e. The Morgan fingerprint density at radius 2 is 1.86 bits per heavy atom. The minimum absolute atomic E-state index is 0.167. The van der Waals surface area contributed by atoms with Crippen molar-refractivity contribution in [1.29, 1.82) is 0 Å². The van der Waals surface area contributed by atoms with Gasteiger partial charge in [-0.1, -0.05) is 0 Å². The van der Waals surface area contributed by atoms with Gasteiger partial charge in [-0.25, -0.2) is 0 Å². The maximum absolute atomic E-state index is 12.7. The van der Waals surface area contributed by atoms with E-state index in [0.717, 1.165) is 12.8 Å². The lowest BCUT2D eigenvalue weighted by Gasteiger charge is -2.32. The summed E-state index contributed by atoms with van der Waals surface area (Å²) in [5.41, 5.74) is 1.26. The Labute approximate surface area is 166 Å². The zero-order valence-corrected chi connectivity index (χ0v) is 15.8. The molecule has 1 unspecified atom stereocenters. The predicted molar refractivity (Wildman–Crippen MR) is 107 cm³/mol. The molecule has 29 heavy (non-hydrogen) atoms. The first-order valence-corrected chi connectivity index (χ1v) is 9.16. The highest BCUT2D eigenvalue weighted by Gasteiger charge is 2.28. The average Bonchev–Trinajstić information content (AvgIpc) is 3.17. The quantitative estimate of drug-likeness (QED) is 0.436. The molecule has 0 aliphatic carbocycles. The first-order chi connectivity index (χ1) is 13.9. The van der Waals surface area contributed by atoms with Gasteiger partial charge in [0.15, 0.2) is 5.76 Å². The second-order valence-corrected chi connectivity index (χ2v) is 6.60. The van der Waals surface area contributed by atoms with Crippen LogP contribution in [0, 0.1) is 10.1 Å². The molecule has 10 heteroatoms. The van der Waals surface area contributed by atoms with Crippen LogP contribution in [-0.4, -0.2) is 40.5 Å². The third-order valence-corrected chi connectivity index (χ3v) is 4.38. The Morgan fingerprint density at radius 1 is 1.17 bits per heavy atom. The number of piperidine rings is 1. The summed E-state index contributed by atoms with van der Waals surface area (Å²) >= 11 is 0. The molecule has 0 spiro atoms. The summed E-state index contributed by atoms with van der Waals surface area (Å²) in [6.45, 7) is 2.02. The van der Waals surface area contributed by atoms with Crippen molar-refractivity contribution >= 4 is 35.3 Å². The minimum Gasteiger partial charge on any atom is -0.400 e. The molecule has 1 aromatic carbocycles. The zero-order valence-electron chi connectivity index (χ0n) is 15.8. The van der Waals surface area contributed by atoms with Gasteiger partial charge in [0.25, 0.3) is 0 Å². The second-order valence-electron chi connectivity index (χ2n) is 6.60. The molecule has 152 valence electrons. The number of nitro groups is 1. The van der Waals surface area contributed by atoms with Crippen molar-refractivity contribution in [3.8, 4) is 0 Å². The van der Waals surface area contributed by atoms with E-state index < -0.39 is 11.0 Å². The maximum atomic E-state index is 12.7. The minimum atomic E-state index is -0.619. The molecule has 2 aromatic rings. The van der Waals surface area contributed by atoms with Crippen molar-refractivity contribution in [3.05, 3.63) is 52.3 Å². The van der Waals surface area contributed by atoms with Gasteiger partial charge in [0.2, 0.25) is 11.8 Å². The first-order valence-electron chi connectivity index (χ1n) is 9.16. The summed E-state index contributed by atoms with van der Waals surface area (Å²) in [5.74, 6) is -0.476. The van der Waals surface area contributed by atoms with Gasteiger partial charge >= 0.3 is 5.88 Å². The van der Waals surface area contributed by atoms with E-state index in [9.17, 15) is 19.7 Å². The summed E-state index contributed by atoms with van der Waals surface area (Å²) in [4.78, 5) is 33.9. The van der Waals surface area contributed by atoms with Crippen molar-refractivity contribution in [1.82, 2.24) is 5.01 Å². The van der Waals surface area contributed by atoms with Gasteiger partial charge in [-0.15, -0.1) is 0 Å². The van der Waals surface area contributed by atoms with Gasteiger partial charge in [-0.05, 0) is 49.6 Å². The Hall–Kier alpha value is -3.69. The number of benzene rings is 1. The third-order valence-electron chi connectivity index (χ3n) is 4.38. The summed E-state index contributed by atoms with van der Waals surface area (Å²) in [7, 11) is 0. The molecule has 2 N–H and O–H groups in total. The molecule has 1 aliphatic heterocycles. The Bertz CT molecular complexity index is 921. The smallest absolute Gasteiger partial charge is 0.400 e. The van der Waals surface area contributed by atoms with Gasteiger partial charge in [0.1, 0.15) is 11.0 Å². The lowest BCUT2D eigenvalue weighted by atomic mass is 10.0. The highest BCUT2D eigenvalue weighted by atomic mass is 16.6. The fraction of sp³-hybridized carbons (Fsp3) is 0.316. The van der Waals surface area contributed by atoms with Crippen LogP contribution in [-0.2, 0) is 9.59 Å². The van der Waals surface area contributed by atoms with Crippen LogP contribution in [0.25, 0.3) is 0 Å². The summed E-state index contributed by atoms with van der Waals surface area (Å²) < 4.78 is 5.06. The molecular weight excluding hydrogens is 378 g/mol. The number of hydrazone groups is 1. The van der Waals surface area contributed by atoms with E-state index in [1.807, 2.05) is 0 Å². The van der Waals surface area contributed by atoms with E-state index in [0.29, 0.717) is 24.3 Å². The topological polar surface area (TPSA) is 130 Å². The highest BCUT2D eigenvalue weighted by Crippen LogP contribution is 2.21. The number of furan rings is 1. The van der Waals surface area contributed by atoms with Crippen LogP contribution in [0.15, 0.2) is 45.9 Å². The van der Waals surface area contributed by atoms with Crippen molar-refractivity contribution in [2.45, 2.75) is 32.2 Å². The second kappa shape index (κ2) is 9.00. The van der Waals surface area contributed by atoms with Crippen LogP contribution in [0.3, 0.4) is 0 Å². The highest BCUT2D eigenvalue weighted by molar-refractivity contribution is 5.95. The van der Waals surface area contributed by atoms with E-state index in [-0.39, 0.29) is 23.5 Å². The average molecular weight is 399 g/mol. The number of amides is 2.